The molecule has 0 saturated carbocycles. The molecule has 4 atom stereocenters. The fourth-order valence-electron chi connectivity index (χ4n) is 3.86. The van der Waals surface area contributed by atoms with Gasteiger partial charge in [-0.1, -0.05) is 0 Å². The number of fused-ring (bicyclic) bond motifs is 2. The van der Waals surface area contributed by atoms with Gasteiger partial charge in [-0.05, 0) is 38.0 Å². The second-order valence-corrected chi connectivity index (χ2v) is 6.16. The molecule has 3 fully saturated rings. The molecular formula is C14H22N2O4. The van der Waals surface area contributed by atoms with E-state index in [0.717, 1.165) is 32.3 Å². The average molecular weight is 282 g/mol. The largest absolute Gasteiger partial charge is 0.481 e. The summed E-state index contributed by atoms with van der Waals surface area (Å²) in [7, 11) is 0. The first-order valence-electron chi connectivity index (χ1n) is 7.53. The van der Waals surface area contributed by atoms with E-state index in [1.54, 1.807) is 4.90 Å². The first-order valence-corrected chi connectivity index (χ1v) is 7.53. The number of nitrogens with one attached hydrogen (secondary N) is 1. The van der Waals surface area contributed by atoms with Crippen LogP contribution < -0.4 is 5.32 Å². The number of nitrogens with zero attached hydrogens (tertiary/aromatic N) is 1. The molecule has 3 aliphatic rings. The van der Waals surface area contributed by atoms with E-state index in [4.69, 9.17) is 4.74 Å². The lowest BCUT2D eigenvalue weighted by Gasteiger charge is -2.26. The number of hydrogen-bond acceptors (Lipinski definition) is 3. The van der Waals surface area contributed by atoms with Crippen molar-refractivity contribution in [1.82, 2.24) is 10.2 Å². The van der Waals surface area contributed by atoms with Crippen molar-refractivity contribution in [3.63, 3.8) is 0 Å². The van der Waals surface area contributed by atoms with Gasteiger partial charge in [0.25, 0.3) is 0 Å². The Morgan fingerprint density at radius 1 is 1.30 bits per heavy atom. The number of urea groups is 1. The molecule has 0 aliphatic carbocycles. The molecule has 3 rings (SSSR count). The Kier molecular flexibility index (Phi) is 3.83. The molecule has 112 valence electrons. The van der Waals surface area contributed by atoms with Gasteiger partial charge in [0, 0.05) is 25.2 Å². The van der Waals surface area contributed by atoms with E-state index in [-0.39, 0.29) is 24.0 Å². The SMILES string of the molecule is O=C(O)C1CC2CCC1N2C(=O)NCC1CCCOC1. The predicted molar refractivity (Wildman–Crippen MR) is 71.3 cm³/mol. The lowest BCUT2D eigenvalue weighted by molar-refractivity contribution is -0.142. The number of carbonyl (C=O) groups is 2. The van der Waals surface area contributed by atoms with Crippen molar-refractivity contribution in [1.29, 1.82) is 0 Å². The van der Waals surface area contributed by atoms with Crippen molar-refractivity contribution >= 4 is 12.0 Å². The molecule has 3 saturated heterocycles. The number of carboxylic acids is 1. The standard InChI is InChI=1S/C14H22N2O4/c17-13(18)11-6-10-3-4-12(11)16(10)14(19)15-7-9-2-1-5-20-8-9/h9-12H,1-8H2,(H,15,19)(H,17,18). The summed E-state index contributed by atoms with van der Waals surface area (Å²) in [5.74, 6) is -0.753. The van der Waals surface area contributed by atoms with E-state index in [0.29, 0.717) is 25.5 Å². The second kappa shape index (κ2) is 5.60. The highest BCUT2D eigenvalue weighted by Crippen LogP contribution is 2.41. The van der Waals surface area contributed by atoms with E-state index in [1.165, 1.54) is 0 Å². The average Bonchev–Trinajstić information content (AvgIpc) is 3.03. The fraction of sp³-hybridized carbons (Fsp3) is 0.857. The number of carboxylic acid groups (broad SMARTS) is 1. The molecule has 0 spiro atoms. The fourth-order valence-corrected chi connectivity index (χ4v) is 3.86. The molecule has 2 N–H and O–H groups in total. The lowest BCUT2D eigenvalue weighted by Crippen LogP contribution is -2.46. The summed E-state index contributed by atoms with van der Waals surface area (Å²) in [5, 5.41) is 12.2. The Bertz CT molecular complexity index is 395. The summed E-state index contributed by atoms with van der Waals surface area (Å²) in [6.45, 7) is 2.17. The van der Waals surface area contributed by atoms with Crippen molar-refractivity contribution in [2.75, 3.05) is 19.8 Å². The molecule has 2 amide bonds. The minimum atomic E-state index is -0.768. The molecule has 6 heteroatoms. The summed E-state index contributed by atoms with van der Waals surface area (Å²) < 4.78 is 5.40. The van der Waals surface area contributed by atoms with Crippen LogP contribution in [0.1, 0.15) is 32.1 Å². The van der Waals surface area contributed by atoms with E-state index in [9.17, 15) is 14.7 Å². The van der Waals surface area contributed by atoms with Crippen LogP contribution in [0.2, 0.25) is 0 Å². The summed E-state index contributed by atoms with van der Waals surface area (Å²) in [4.78, 5) is 25.3. The van der Waals surface area contributed by atoms with Crippen LogP contribution in [-0.2, 0) is 9.53 Å². The Hall–Kier alpha value is -1.30. The highest BCUT2D eigenvalue weighted by atomic mass is 16.5. The van der Waals surface area contributed by atoms with Gasteiger partial charge in [-0.2, -0.15) is 0 Å². The zero-order valence-corrected chi connectivity index (χ0v) is 11.6. The van der Waals surface area contributed by atoms with Crippen LogP contribution in [0, 0.1) is 11.8 Å². The van der Waals surface area contributed by atoms with Crippen LogP contribution >= 0.6 is 0 Å². The maximum atomic E-state index is 12.3. The molecule has 6 nitrogen and oxygen atoms in total. The van der Waals surface area contributed by atoms with E-state index in [2.05, 4.69) is 5.32 Å². The highest BCUT2D eigenvalue weighted by molar-refractivity contribution is 5.79. The Labute approximate surface area is 118 Å². The summed E-state index contributed by atoms with van der Waals surface area (Å²) in [6.07, 6.45) is 4.51. The quantitative estimate of drug-likeness (QED) is 0.811. The van der Waals surface area contributed by atoms with Crippen LogP contribution in [0.15, 0.2) is 0 Å². The van der Waals surface area contributed by atoms with Crippen molar-refractivity contribution in [3.8, 4) is 0 Å². The third-order valence-electron chi connectivity index (χ3n) is 4.89. The minimum absolute atomic E-state index is 0.0909. The van der Waals surface area contributed by atoms with Gasteiger partial charge in [0.1, 0.15) is 0 Å². The van der Waals surface area contributed by atoms with Crippen LogP contribution in [-0.4, -0.2) is 53.8 Å². The third kappa shape index (κ3) is 2.49. The number of amides is 2. The van der Waals surface area contributed by atoms with Gasteiger partial charge in [0.2, 0.25) is 0 Å². The van der Waals surface area contributed by atoms with Crippen molar-refractivity contribution < 1.29 is 19.4 Å². The van der Waals surface area contributed by atoms with Gasteiger partial charge in [-0.15, -0.1) is 0 Å². The van der Waals surface area contributed by atoms with Crippen LogP contribution in [0.4, 0.5) is 4.79 Å². The molecule has 0 aromatic heterocycles. The zero-order valence-electron chi connectivity index (χ0n) is 11.6. The predicted octanol–water partition coefficient (Wildman–Crippen LogP) is 1.06. The van der Waals surface area contributed by atoms with Gasteiger partial charge < -0.3 is 20.1 Å². The van der Waals surface area contributed by atoms with Crippen LogP contribution in [0.25, 0.3) is 0 Å². The molecule has 0 aromatic carbocycles. The highest BCUT2D eigenvalue weighted by Gasteiger charge is 2.51. The Morgan fingerprint density at radius 2 is 2.15 bits per heavy atom. The molecule has 3 aliphatic heterocycles. The van der Waals surface area contributed by atoms with Gasteiger partial charge in [-0.3, -0.25) is 4.79 Å². The number of rotatable bonds is 3. The summed E-state index contributed by atoms with van der Waals surface area (Å²) in [6, 6.07) is -0.0874. The smallest absolute Gasteiger partial charge is 0.317 e. The molecule has 3 heterocycles. The maximum Gasteiger partial charge on any atom is 0.317 e. The maximum absolute atomic E-state index is 12.3. The van der Waals surface area contributed by atoms with Gasteiger partial charge >= 0.3 is 12.0 Å². The number of hydrogen-bond donors (Lipinski definition) is 2. The zero-order chi connectivity index (χ0) is 14.1. The topological polar surface area (TPSA) is 78.9 Å². The van der Waals surface area contributed by atoms with Gasteiger partial charge in [0.05, 0.1) is 12.5 Å². The van der Waals surface area contributed by atoms with E-state index >= 15 is 0 Å². The third-order valence-corrected chi connectivity index (χ3v) is 4.89. The minimum Gasteiger partial charge on any atom is -0.481 e. The Morgan fingerprint density at radius 3 is 2.80 bits per heavy atom. The first-order chi connectivity index (χ1) is 9.66. The molecule has 2 bridgehead atoms. The van der Waals surface area contributed by atoms with E-state index < -0.39 is 5.97 Å². The van der Waals surface area contributed by atoms with Crippen LogP contribution in [0.3, 0.4) is 0 Å². The number of ether oxygens (including phenoxy) is 1. The molecule has 4 unspecified atom stereocenters. The van der Waals surface area contributed by atoms with Crippen molar-refractivity contribution in [2.24, 2.45) is 11.8 Å². The number of aliphatic carboxylic acids is 1. The first kappa shape index (κ1) is 13.7. The molecule has 0 aromatic rings. The normalized spacial score (nSPS) is 36.1. The molecule has 20 heavy (non-hydrogen) atoms. The monoisotopic (exact) mass is 282 g/mol. The molecular weight excluding hydrogens is 260 g/mol. The van der Waals surface area contributed by atoms with Gasteiger partial charge in [0.15, 0.2) is 0 Å². The summed E-state index contributed by atoms with van der Waals surface area (Å²) in [5.41, 5.74) is 0. The summed E-state index contributed by atoms with van der Waals surface area (Å²) >= 11 is 0. The van der Waals surface area contributed by atoms with Crippen LogP contribution in [0.5, 0.6) is 0 Å². The Balaban J connectivity index is 1.54. The lowest BCUT2D eigenvalue weighted by atomic mass is 9.89. The second-order valence-electron chi connectivity index (χ2n) is 6.16. The number of carbonyl (C=O) groups excluding carboxylic acids is 1. The van der Waals surface area contributed by atoms with Gasteiger partial charge in [-0.25, -0.2) is 4.79 Å². The van der Waals surface area contributed by atoms with Crippen molar-refractivity contribution in [3.05, 3.63) is 0 Å². The van der Waals surface area contributed by atoms with E-state index in [1.807, 2.05) is 0 Å². The molecule has 0 radical (unpaired) electrons. The van der Waals surface area contributed by atoms with Crippen molar-refractivity contribution in [2.45, 2.75) is 44.2 Å².